The zero-order valence-electron chi connectivity index (χ0n) is 27.0. The third-order valence-electron chi connectivity index (χ3n) is 6.99. The predicted molar refractivity (Wildman–Crippen MR) is 169 cm³/mol. The first kappa shape index (κ1) is 33.8. The van der Waals surface area contributed by atoms with Crippen LogP contribution in [0, 0.1) is 5.41 Å². The van der Waals surface area contributed by atoms with Crippen LogP contribution in [0.1, 0.15) is 95.3 Å². The fourth-order valence-electron chi connectivity index (χ4n) is 5.32. The number of ether oxygens (including phenoxy) is 3. The number of alkyl carbamates (subject to hydrolysis) is 1. The van der Waals surface area contributed by atoms with Crippen molar-refractivity contribution in [3.8, 4) is 0 Å². The normalized spacial score (nSPS) is 18.8. The smallest absolute Gasteiger partial charge is 0.407 e. The van der Waals surface area contributed by atoms with E-state index in [1.54, 1.807) is 19.1 Å². The Hall–Kier alpha value is -3.65. The molecule has 2 atom stereocenters. The first-order valence-electron chi connectivity index (χ1n) is 15.2. The van der Waals surface area contributed by atoms with Crippen LogP contribution < -0.4 is 5.32 Å². The average Bonchev–Trinajstić information content (AvgIpc) is 2.92. The van der Waals surface area contributed by atoms with Crippen molar-refractivity contribution in [3.63, 3.8) is 0 Å². The zero-order valence-corrected chi connectivity index (χ0v) is 27.0. The SMILES string of the molecule is CCCCOC1(c2ccccc2)c2cc(/C=C/C(=O)OCC)ccc2C(=O)N(CC(C)(C)C)C1CNC(=O)OC(C)(C)C. The van der Waals surface area contributed by atoms with E-state index in [0.29, 0.717) is 24.3 Å². The van der Waals surface area contributed by atoms with Gasteiger partial charge in [-0.1, -0.05) is 70.5 Å². The molecule has 0 bridgehead atoms. The van der Waals surface area contributed by atoms with Gasteiger partial charge in [0.2, 0.25) is 0 Å². The van der Waals surface area contributed by atoms with Crippen LogP contribution in [0.4, 0.5) is 4.79 Å². The van der Waals surface area contributed by atoms with Crippen LogP contribution in [0.2, 0.25) is 0 Å². The maximum Gasteiger partial charge on any atom is 0.407 e. The maximum atomic E-state index is 14.3. The highest BCUT2D eigenvalue weighted by Crippen LogP contribution is 2.46. The molecular formula is C35H48N2O6. The molecule has 8 heteroatoms. The molecule has 1 aliphatic rings. The van der Waals surface area contributed by atoms with E-state index in [0.717, 1.165) is 24.0 Å². The van der Waals surface area contributed by atoms with Crippen LogP contribution in [0.15, 0.2) is 54.6 Å². The number of rotatable bonds is 11. The second-order valence-corrected chi connectivity index (χ2v) is 13.1. The molecule has 43 heavy (non-hydrogen) atoms. The summed E-state index contributed by atoms with van der Waals surface area (Å²) in [7, 11) is 0. The van der Waals surface area contributed by atoms with Crippen molar-refractivity contribution in [2.45, 2.75) is 85.5 Å². The minimum atomic E-state index is -1.13. The van der Waals surface area contributed by atoms with Crippen LogP contribution in [0.3, 0.4) is 0 Å². The van der Waals surface area contributed by atoms with Gasteiger partial charge in [-0.2, -0.15) is 0 Å². The molecule has 0 saturated heterocycles. The average molecular weight is 593 g/mol. The molecular weight excluding hydrogens is 544 g/mol. The molecule has 8 nitrogen and oxygen atoms in total. The Morgan fingerprint density at radius 1 is 1.02 bits per heavy atom. The minimum Gasteiger partial charge on any atom is -0.463 e. The summed E-state index contributed by atoms with van der Waals surface area (Å²) in [6.45, 7) is 16.8. The topological polar surface area (TPSA) is 94.2 Å². The Bertz CT molecular complexity index is 1290. The molecule has 2 aromatic carbocycles. The van der Waals surface area contributed by atoms with E-state index in [1.807, 2.05) is 68.1 Å². The van der Waals surface area contributed by atoms with Crippen molar-refractivity contribution in [3.05, 3.63) is 76.9 Å². The highest BCUT2D eigenvalue weighted by atomic mass is 16.6. The number of benzene rings is 2. The summed E-state index contributed by atoms with van der Waals surface area (Å²) in [6, 6.07) is 14.8. The molecule has 234 valence electrons. The number of esters is 1. The second kappa shape index (κ2) is 14.2. The quantitative estimate of drug-likeness (QED) is 0.177. The van der Waals surface area contributed by atoms with E-state index >= 15 is 0 Å². The van der Waals surface area contributed by atoms with Crippen LogP contribution >= 0.6 is 0 Å². The van der Waals surface area contributed by atoms with E-state index in [-0.39, 0.29) is 24.5 Å². The molecule has 0 spiro atoms. The second-order valence-electron chi connectivity index (χ2n) is 13.1. The number of hydrogen-bond acceptors (Lipinski definition) is 6. The van der Waals surface area contributed by atoms with E-state index in [9.17, 15) is 14.4 Å². The summed E-state index contributed by atoms with van der Waals surface area (Å²) in [5.74, 6) is -0.590. The predicted octanol–water partition coefficient (Wildman–Crippen LogP) is 6.72. The summed E-state index contributed by atoms with van der Waals surface area (Å²) in [5.41, 5.74) is 0.735. The number of carbonyl (C=O) groups is 3. The summed E-state index contributed by atoms with van der Waals surface area (Å²) >= 11 is 0. The molecule has 2 amide bonds. The van der Waals surface area contributed by atoms with Gasteiger partial charge in [0.05, 0.1) is 12.6 Å². The molecule has 2 unspecified atom stereocenters. The molecule has 1 heterocycles. The van der Waals surface area contributed by atoms with Crippen LogP contribution in [0.25, 0.3) is 6.08 Å². The third kappa shape index (κ3) is 8.69. The number of carbonyl (C=O) groups excluding carboxylic acids is 3. The van der Waals surface area contributed by atoms with Gasteiger partial charge in [-0.25, -0.2) is 9.59 Å². The van der Waals surface area contributed by atoms with Crippen molar-refractivity contribution in [2.24, 2.45) is 5.41 Å². The Labute approximate surface area is 256 Å². The van der Waals surface area contributed by atoms with Gasteiger partial charge >= 0.3 is 12.1 Å². The molecule has 2 aromatic rings. The van der Waals surface area contributed by atoms with Crippen molar-refractivity contribution in [2.75, 3.05) is 26.3 Å². The first-order chi connectivity index (χ1) is 20.2. The fraction of sp³-hybridized carbons (Fsp3) is 0.514. The molecule has 0 aliphatic carbocycles. The van der Waals surface area contributed by atoms with Gasteiger partial charge in [0.1, 0.15) is 11.2 Å². The van der Waals surface area contributed by atoms with Gasteiger partial charge in [0.15, 0.2) is 0 Å². The Kier molecular flexibility index (Phi) is 11.2. The van der Waals surface area contributed by atoms with Crippen LogP contribution in [-0.2, 0) is 24.6 Å². The van der Waals surface area contributed by atoms with Crippen molar-refractivity contribution >= 4 is 24.0 Å². The number of hydrogen-bond donors (Lipinski definition) is 1. The lowest BCUT2D eigenvalue weighted by Gasteiger charge is -2.52. The molecule has 0 saturated carbocycles. The molecule has 0 radical (unpaired) electrons. The summed E-state index contributed by atoms with van der Waals surface area (Å²) in [4.78, 5) is 41.2. The van der Waals surface area contributed by atoms with Crippen LogP contribution in [0.5, 0.6) is 0 Å². The largest absolute Gasteiger partial charge is 0.463 e. The van der Waals surface area contributed by atoms with Gasteiger partial charge in [0, 0.05) is 36.9 Å². The van der Waals surface area contributed by atoms with Gasteiger partial charge in [0.25, 0.3) is 5.91 Å². The number of fused-ring (bicyclic) bond motifs is 1. The van der Waals surface area contributed by atoms with Gasteiger partial charge in [-0.3, -0.25) is 4.79 Å². The number of unbranched alkanes of at least 4 members (excludes halogenated alkanes) is 1. The van der Waals surface area contributed by atoms with E-state index in [4.69, 9.17) is 14.2 Å². The third-order valence-corrected chi connectivity index (χ3v) is 6.99. The lowest BCUT2D eigenvalue weighted by Crippen LogP contribution is -2.64. The van der Waals surface area contributed by atoms with E-state index in [2.05, 4.69) is 33.0 Å². The lowest BCUT2D eigenvalue weighted by molar-refractivity contribution is -0.137. The highest BCUT2D eigenvalue weighted by Gasteiger charge is 2.53. The Morgan fingerprint density at radius 3 is 2.33 bits per heavy atom. The van der Waals surface area contributed by atoms with Crippen molar-refractivity contribution in [1.29, 1.82) is 0 Å². The number of nitrogens with one attached hydrogen (secondary N) is 1. The first-order valence-corrected chi connectivity index (χ1v) is 15.2. The fourth-order valence-corrected chi connectivity index (χ4v) is 5.32. The zero-order chi connectivity index (χ0) is 31.8. The summed E-state index contributed by atoms with van der Waals surface area (Å²) < 4.78 is 17.6. The molecule has 1 aliphatic heterocycles. The van der Waals surface area contributed by atoms with E-state index < -0.39 is 29.3 Å². The van der Waals surface area contributed by atoms with Gasteiger partial charge in [-0.05, 0) is 68.9 Å². The van der Waals surface area contributed by atoms with E-state index in [1.165, 1.54) is 6.08 Å². The van der Waals surface area contributed by atoms with Crippen molar-refractivity contribution in [1.82, 2.24) is 10.2 Å². The van der Waals surface area contributed by atoms with Crippen molar-refractivity contribution < 1.29 is 28.6 Å². The minimum absolute atomic E-state index is 0.0973. The summed E-state index contributed by atoms with van der Waals surface area (Å²) in [6.07, 6.45) is 4.23. The van der Waals surface area contributed by atoms with Crippen LogP contribution in [-0.4, -0.2) is 60.8 Å². The highest BCUT2D eigenvalue weighted by molar-refractivity contribution is 5.99. The summed E-state index contributed by atoms with van der Waals surface area (Å²) in [5, 5.41) is 2.95. The maximum absolute atomic E-state index is 14.3. The van der Waals surface area contributed by atoms with Gasteiger partial charge < -0.3 is 24.4 Å². The lowest BCUT2D eigenvalue weighted by atomic mass is 9.72. The molecule has 1 N–H and O–H groups in total. The number of amides is 2. The van der Waals surface area contributed by atoms with Gasteiger partial charge in [-0.15, -0.1) is 0 Å². The molecule has 3 rings (SSSR count). The standard InChI is InChI=1S/C35H48N2O6/c1-9-11-21-42-35(26-15-13-12-14-16-26)28-22-25(18-20-30(38)41-10-2)17-19-27(28)31(39)37(24-33(3,4)5)29(35)23-36-32(40)43-34(6,7)8/h12-20,22,29H,9-11,21,23-24H2,1-8H3,(H,36,40)/b20-18+. The number of nitrogens with zero attached hydrogens (tertiary/aromatic N) is 1. The Balaban J connectivity index is 2.30. The molecule has 0 aromatic heterocycles. The molecule has 0 fully saturated rings. The Morgan fingerprint density at radius 2 is 1.72 bits per heavy atom. The monoisotopic (exact) mass is 592 g/mol.